The molecule has 0 fully saturated rings. The minimum absolute atomic E-state index is 0.00349. The van der Waals surface area contributed by atoms with Crippen LogP contribution < -0.4 is 0 Å². The van der Waals surface area contributed by atoms with Crippen molar-refractivity contribution in [3.05, 3.63) is 35.9 Å². The highest BCUT2D eigenvalue weighted by molar-refractivity contribution is 5.13. The van der Waals surface area contributed by atoms with Crippen molar-refractivity contribution in [2.24, 2.45) is 0 Å². The lowest BCUT2D eigenvalue weighted by Gasteiger charge is -2.18. The summed E-state index contributed by atoms with van der Waals surface area (Å²) in [7, 11) is 0. The van der Waals surface area contributed by atoms with Gasteiger partial charge in [0, 0.05) is 13.2 Å². The zero-order valence-electron chi connectivity index (χ0n) is 18.0. The minimum atomic E-state index is -0.00349. The molecule has 156 valence electrons. The molecule has 1 aromatic rings. The van der Waals surface area contributed by atoms with Crippen molar-refractivity contribution in [2.45, 2.75) is 104 Å². The number of unbranched alkanes of at least 4 members (excludes halogenated alkanes) is 5. The summed E-state index contributed by atoms with van der Waals surface area (Å²) in [4.78, 5) is 0. The van der Waals surface area contributed by atoms with Gasteiger partial charge in [0.05, 0.1) is 12.7 Å². The van der Waals surface area contributed by atoms with Crippen LogP contribution >= 0.6 is 0 Å². The topological polar surface area (TPSA) is 27.7 Å². The first-order valence-corrected chi connectivity index (χ1v) is 11.1. The van der Waals surface area contributed by atoms with Gasteiger partial charge in [-0.15, -0.1) is 0 Å². The lowest BCUT2D eigenvalue weighted by molar-refractivity contribution is -0.147. The first-order chi connectivity index (χ1) is 13.3. The summed E-state index contributed by atoms with van der Waals surface area (Å²) in [5.41, 5.74) is 1.25. The molecule has 1 aromatic carbocycles. The van der Waals surface area contributed by atoms with E-state index < -0.39 is 0 Å². The molecular formula is C24H42O3. The van der Waals surface area contributed by atoms with Gasteiger partial charge in [0.25, 0.3) is 0 Å². The highest BCUT2D eigenvalue weighted by Gasteiger charge is 2.09. The zero-order chi connectivity index (χ0) is 19.6. The third-order valence-electron chi connectivity index (χ3n) is 4.78. The van der Waals surface area contributed by atoms with Gasteiger partial charge in [-0.3, -0.25) is 0 Å². The second kappa shape index (κ2) is 17.2. The van der Waals surface area contributed by atoms with Gasteiger partial charge in [-0.25, -0.2) is 0 Å². The largest absolute Gasteiger partial charge is 0.374 e. The van der Waals surface area contributed by atoms with Crippen LogP contribution in [0.4, 0.5) is 0 Å². The van der Waals surface area contributed by atoms with E-state index >= 15 is 0 Å². The fourth-order valence-corrected chi connectivity index (χ4v) is 2.93. The molecule has 0 saturated heterocycles. The van der Waals surface area contributed by atoms with E-state index in [-0.39, 0.29) is 6.29 Å². The van der Waals surface area contributed by atoms with E-state index in [0.29, 0.717) is 12.7 Å². The lowest BCUT2D eigenvalue weighted by atomic mass is 10.1. The average Bonchev–Trinajstić information content (AvgIpc) is 2.69. The van der Waals surface area contributed by atoms with Crippen LogP contribution in [0.3, 0.4) is 0 Å². The van der Waals surface area contributed by atoms with E-state index in [2.05, 4.69) is 45.0 Å². The predicted molar refractivity (Wildman–Crippen MR) is 114 cm³/mol. The van der Waals surface area contributed by atoms with Crippen molar-refractivity contribution in [2.75, 3.05) is 13.2 Å². The number of benzene rings is 1. The molecule has 0 spiro atoms. The van der Waals surface area contributed by atoms with Crippen LogP contribution in [0, 0.1) is 0 Å². The third-order valence-corrected chi connectivity index (χ3v) is 4.78. The molecule has 1 unspecified atom stereocenters. The Morgan fingerprint density at radius 2 is 1.30 bits per heavy atom. The molecule has 0 aliphatic rings. The molecule has 3 nitrogen and oxygen atoms in total. The molecule has 0 aliphatic carbocycles. The maximum Gasteiger partial charge on any atom is 0.157 e. The molecule has 0 bridgehead atoms. The fraction of sp³-hybridized carbons (Fsp3) is 0.750. The van der Waals surface area contributed by atoms with E-state index in [1.54, 1.807) is 0 Å². The van der Waals surface area contributed by atoms with Crippen molar-refractivity contribution >= 4 is 0 Å². The van der Waals surface area contributed by atoms with Crippen LogP contribution in [0.15, 0.2) is 30.3 Å². The Labute approximate surface area is 167 Å². The van der Waals surface area contributed by atoms with Gasteiger partial charge in [0.2, 0.25) is 0 Å². The van der Waals surface area contributed by atoms with Crippen LogP contribution in [0.1, 0.15) is 90.5 Å². The molecule has 0 aliphatic heterocycles. The van der Waals surface area contributed by atoms with Gasteiger partial charge in [0.15, 0.2) is 6.29 Å². The summed E-state index contributed by atoms with van der Waals surface area (Å²) in [5.74, 6) is 0. The monoisotopic (exact) mass is 378 g/mol. The van der Waals surface area contributed by atoms with Crippen molar-refractivity contribution in [1.82, 2.24) is 0 Å². The van der Waals surface area contributed by atoms with Gasteiger partial charge in [-0.05, 0) is 44.6 Å². The van der Waals surface area contributed by atoms with E-state index in [9.17, 15) is 0 Å². The molecule has 0 amide bonds. The molecule has 0 heterocycles. The first-order valence-electron chi connectivity index (χ1n) is 11.1. The predicted octanol–water partition coefficient (Wildman–Crippen LogP) is 6.89. The third kappa shape index (κ3) is 13.8. The zero-order valence-corrected chi connectivity index (χ0v) is 18.0. The molecular weight excluding hydrogens is 336 g/mol. The second-order valence-electron chi connectivity index (χ2n) is 7.48. The van der Waals surface area contributed by atoms with Gasteiger partial charge in [-0.2, -0.15) is 0 Å². The quantitative estimate of drug-likeness (QED) is 0.205. The maximum absolute atomic E-state index is 5.94. The highest BCUT2D eigenvalue weighted by Crippen LogP contribution is 2.14. The van der Waals surface area contributed by atoms with Crippen LogP contribution in [0.2, 0.25) is 0 Å². The Morgan fingerprint density at radius 3 is 1.89 bits per heavy atom. The summed E-state index contributed by atoms with van der Waals surface area (Å²) in [6.45, 7) is 8.94. The normalized spacial score (nSPS) is 12.6. The van der Waals surface area contributed by atoms with E-state index in [1.165, 1.54) is 44.1 Å². The molecule has 1 atom stereocenters. The van der Waals surface area contributed by atoms with Crippen molar-refractivity contribution in [3.63, 3.8) is 0 Å². The minimum Gasteiger partial charge on any atom is -0.374 e. The van der Waals surface area contributed by atoms with Crippen molar-refractivity contribution in [3.8, 4) is 0 Å². The second-order valence-corrected chi connectivity index (χ2v) is 7.48. The fourth-order valence-electron chi connectivity index (χ4n) is 2.93. The standard InChI is InChI=1S/C24H42O3/c1-4-6-19-25-24(26-20-7-5-2)18-14-9-8-11-15-22(3)27-21-23-16-12-10-13-17-23/h10,12-13,16-17,22,24H,4-9,11,14-15,18-21H2,1-3H3. The van der Waals surface area contributed by atoms with E-state index in [0.717, 1.165) is 38.9 Å². The molecule has 1 rings (SSSR count). The summed E-state index contributed by atoms with van der Waals surface area (Å²) in [5, 5.41) is 0. The van der Waals surface area contributed by atoms with Gasteiger partial charge >= 0.3 is 0 Å². The molecule has 0 aromatic heterocycles. The van der Waals surface area contributed by atoms with E-state index in [1.807, 2.05) is 6.07 Å². The first kappa shape index (κ1) is 24.1. The van der Waals surface area contributed by atoms with Gasteiger partial charge in [-0.1, -0.05) is 76.3 Å². The number of rotatable bonds is 18. The van der Waals surface area contributed by atoms with Gasteiger partial charge < -0.3 is 14.2 Å². The Kier molecular flexibility index (Phi) is 15.4. The Balaban J connectivity index is 2.05. The Hall–Kier alpha value is -0.900. The number of hydrogen-bond acceptors (Lipinski definition) is 3. The smallest absolute Gasteiger partial charge is 0.157 e. The highest BCUT2D eigenvalue weighted by atomic mass is 16.7. The van der Waals surface area contributed by atoms with Crippen molar-refractivity contribution < 1.29 is 14.2 Å². The number of ether oxygens (including phenoxy) is 3. The maximum atomic E-state index is 5.94. The molecule has 3 heteroatoms. The SMILES string of the molecule is CCCCOC(CCCCCCC(C)OCc1ccccc1)OCCCC. The van der Waals surface area contributed by atoms with Gasteiger partial charge in [0.1, 0.15) is 0 Å². The van der Waals surface area contributed by atoms with Crippen LogP contribution in [0.5, 0.6) is 0 Å². The molecule has 27 heavy (non-hydrogen) atoms. The average molecular weight is 379 g/mol. The Bertz CT molecular complexity index is 411. The summed E-state index contributed by atoms with van der Waals surface area (Å²) in [6.07, 6.45) is 12.0. The summed E-state index contributed by atoms with van der Waals surface area (Å²) in [6, 6.07) is 10.4. The summed E-state index contributed by atoms with van der Waals surface area (Å²) >= 11 is 0. The van der Waals surface area contributed by atoms with Crippen molar-refractivity contribution in [1.29, 1.82) is 0 Å². The lowest BCUT2D eigenvalue weighted by Crippen LogP contribution is -2.18. The van der Waals surface area contributed by atoms with Crippen LogP contribution in [-0.2, 0) is 20.8 Å². The Morgan fingerprint density at radius 1 is 0.704 bits per heavy atom. The van der Waals surface area contributed by atoms with Crippen LogP contribution in [-0.4, -0.2) is 25.6 Å². The molecule has 0 N–H and O–H groups in total. The van der Waals surface area contributed by atoms with Crippen LogP contribution in [0.25, 0.3) is 0 Å². The summed E-state index contributed by atoms with van der Waals surface area (Å²) < 4.78 is 17.8. The van der Waals surface area contributed by atoms with E-state index in [4.69, 9.17) is 14.2 Å². The molecule has 0 saturated carbocycles. The number of hydrogen-bond donors (Lipinski definition) is 0. The molecule has 0 radical (unpaired) electrons.